The summed E-state index contributed by atoms with van der Waals surface area (Å²) < 4.78 is 1.80. The first kappa shape index (κ1) is 13.4. The maximum Gasteiger partial charge on any atom is 0.265 e. The van der Waals surface area contributed by atoms with Crippen LogP contribution < -0.4 is 5.32 Å². The molecule has 0 spiro atoms. The lowest BCUT2D eigenvalue weighted by Crippen LogP contribution is -2.11. The molecule has 0 unspecified atom stereocenters. The van der Waals surface area contributed by atoms with Gasteiger partial charge >= 0.3 is 0 Å². The van der Waals surface area contributed by atoms with Crippen LogP contribution in [0.2, 0.25) is 0 Å². The van der Waals surface area contributed by atoms with Gasteiger partial charge in [0.1, 0.15) is 0 Å². The third kappa shape index (κ3) is 2.26. The number of amides is 1. The van der Waals surface area contributed by atoms with Crippen molar-refractivity contribution in [3.05, 3.63) is 32.8 Å². The van der Waals surface area contributed by atoms with Gasteiger partial charge in [0.05, 0.1) is 22.0 Å². The molecule has 0 radical (unpaired) electrons. The first-order chi connectivity index (χ1) is 9.56. The van der Waals surface area contributed by atoms with Crippen molar-refractivity contribution in [3.8, 4) is 0 Å². The third-order valence-electron chi connectivity index (χ3n) is 3.97. The van der Waals surface area contributed by atoms with Crippen molar-refractivity contribution in [3.63, 3.8) is 0 Å². The van der Waals surface area contributed by atoms with Gasteiger partial charge in [0, 0.05) is 11.9 Å². The number of carbonyl (C=O) groups is 1. The van der Waals surface area contributed by atoms with Crippen LogP contribution >= 0.6 is 11.3 Å². The second-order valence-corrected chi connectivity index (χ2v) is 6.53. The van der Waals surface area contributed by atoms with Crippen LogP contribution in [0.1, 0.15) is 44.3 Å². The Morgan fingerprint density at radius 3 is 2.75 bits per heavy atom. The van der Waals surface area contributed by atoms with Crippen LogP contribution in [0, 0.1) is 13.8 Å². The highest BCUT2D eigenvalue weighted by atomic mass is 32.1. The summed E-state index contributed by atoms with van der Waals surface area (Å²) in [5, 5.41) is 7.34. The van der Waals surface area contributed by atoms with E-state index in [-0.39, 0.29) is 5.91 Å². The number of carbonyl (C=O) groups excluding carboxylic acids is 1. The molecule has 1 N–H and O–H groups in total. The van der Waals surface area contributed by atoms with E-state index < -0.39 is 0 Å². The average Bonchev–Trinajstić information content (AvgIpc) is 2.95. The molecule has 1 amide bonds. The molecule has 2 heterocycles. The standard InChI is InChI=1S/C15H19N3OS/c1-9-14(10(2)18(3)17-9)16-15(19)13-8-11-6-4-5-7-12(11)20-13/h8H,4-7H2,1-3H3,(H,16,19). The van der Waals surface area contributed by atoms with Crippen molar-refractivity contribution < 1.29 is 4.79 Å². The van der Waals surface area contributed by atoms with Gasteiger partial charge in [-0.3, -0.25) is 9.48 Å². The number of nitrogens with one attached hydrogen (secondary N) is 1. The molecule has 0 atom stereocenters. The second-order valence-electron chi connectivity index (χ2n) is 5.39. The monoisotopic (exact) mass is 289 g/mol. The number of nitrogens with zero attached hydrogens (tertiary/aromatic N) is 2. The van der Waals surface area contributed by atoms with Crippen molar-refractivity contribution in [2.24, 2.45) is 7.05 Å². The van der Waals surface area contributed by atoms with Gasteiger partial charge in [-0.2, -0.15) is 5.10 Å². The zero-order chi connectivity index (χ0) is 14.3. The minimum absolute atomic E-state index is 0.0106. The smallest absolute Gasteiger partial charge is 0.265 e. The van der Waals surface area contributed by atoms with E-state index >= 15 is 0 Å². The Hall–Kier alpha value is -1.62. The number of aryl methyl sites for hydroxylation is 4. The number of aromatic nitrogens is 2. The highest BCUT2D eigenvalue weighted by molar-refractivity contribution is 7.14. The lowest BCUT2D eigenvalue weighted by molar-refractivity contribution is 0.103. The van der Waals surface area contributed by atoms with E-state index in [2.05, 4.69) is 16.5 Å². The summed E-state index contributed by atoms with van der Waals surface area (Å²) in [6.45, 7) is 3.89. The fraction of sp³-hybridized carbons (Fsp3) is 0.467. The zero-order valence-corrected chi connectivity index (χ0v) is 12.9. The van der Waals surface area contributed by atoms with Crippen LogP contribution in [-0.4, -0.2) is 15.7 Å². The molecular weight excluding hydrogens is 270 g/mol. The molecule has 0 aliphatic heterocycles. The van der Waals surface area contributed by atoms with Gasteiger partial charge in [0.15, 0.2) is 0 Å². The molecule has 0 saturated carbocycles. The minimum Gasteiger partial charge on any atom is -0.318 e. The molecular formula is C15H19N3OS. The van der Waals surface area contributed by atoms with Crippen molar-refractivity contribution in [1.82, 2.24) is 9.78 Å². The Bertz CT molecular complexity index is 645. The van der Waals surface area contributed by atoms with E-state index in [9.17, 15) is 4.79 Å². The summed E-state index contributed by atoms with van der Waals surface area (Å²) >= 11 is 1.64. The van der Waals surface area contributed by atoms with Gasteiger partial charge in [0.2, 0.25) is 0 Å². The van der Waals surface area contributed by atoms with Gasteiger partial charge in [-0.1, -0.05) is 0 Å². The maximum absolute atomic E-state index is 12.4. The summed E-state index contributed by atoms with van der Waals surface area (Å²) in [4.78, 5) is 14.6. The molecule has 4 nitrogen and oxygen atoms in total. The van der Waals surface area contributed by atoms with E-state index in [0.29, 0.717) is 0 Å². The fourth-order valence-corrected chi connectivity index (χ4v) is 3.88. The van der Waals surface area contributed by atoms with Gasteiger partial charge in [-0.05, 0) is 51.2 Å². The number of fused-ring (bicyclic) bond motifs is 1. The Labute approximate surface area is 122 Å². The number of hydrogen-bond donors (Lipinski definition) is 1. The van der Waals surface area contributed by atoms with Gasteiger partial charge in [0.25, 0.3) is 5.91 Å². The summed E-state index contributed by atoms with van der Waals surface area (Å²) in [6, 6.07) is 2.07. The van der Waals surface area contributed by atoms with E-state index in [4.69, 9.17) is 0 Å². The molecule has 3 rings (SSSR count). The SMILES string of the molecule is Cc1nn(C)c(C)c1NC(=O)c1cc2c(s1)CCCC2. The number of thiophene rings is 1. The molecule has 1 aliphatic carbocycles. The molecule has 0 saturated heterocycles. The second kappa shape index (κ2) is 5.05. The summed E-state index contributed by atoms with van der Waals surface area (Å²) in [5.74, 6) is -0.0106. The Morgan fingerprint density at radius 1 is 1.35 bits per heavy atom. The lowest BCUT2D eigenvalue weighted by Gasteiger charge is -2.08. The maximum atomic E-state index is 12.4. The molecule has 106 valence electrons. The fourth-order valence-electron chi connectivity index (χ4n) is 2.73. The quantitative estimate of drug-likeness (QED) is 0.922. The van der Waals surface area contributed by atoms with Crippen LogP contribution in [-0.2, 0) is 19.9 Å². The first-order valence-electron chi connectivity index (χ1n) is 6.99. The lowest BCUT2D eigenvalue weighted by atomic mass is 9.99. The Kier molecular flexibility index (Phi) is 3.38. The largest absolute Gasteiger partial charge is 0.318 e. The van der Waals surface area contributed by atoms with Crippen molar-refractivity contribution in [1.29, 1.82) is 0 Å². The molecule has 20 heavy (non-hydrogen) atoms. The van der Waals surface area contributed by atoms with E-state index in [0.717, 1.165) is 34.8 Å². The molecule has 0 aromatic carbocycles. The van der Waals surface area contributed by atoms with Crippen LogP contribution in [0.3, 0.4) is 0 Å². The predicted octanol–water partition coefficient (Wildman–Crippen LogP) is 3.23. The highest BCUT2D eigenvalue weighted by Crippen LogP contribution is 2.30. The van der Waals surface area contributed by atoms with Crippen molar-refractivity contribution >= 4 is 22.9 Å². The zero-order valence-electron chi connectivity index (χ0n) is 12.1. The van der Waals surface area contributed by atoms with Crippen LogP contribution in [0.5, 0.6) is 0 Å². The number of hydrogen-bond acceptors (Lipinski definition) is 3. The number of rotatable bonds is 2. The minimum atomic E-state index is -0.0106. The van der Waals surface area contributed by atoms with E-state index in [1.807, 2.05) is 20.9 Å². The first-order valence-corrected chi connectivity index (χ1v) is 7.81. The van der Waals surface area contributed by atoms with Gasteiger partial charge in [-0.15, -0.1) is 11.3 Å². The van der Waals surface area contributed by atoms with Crippen LogP contribution in [0.15, 0.2) is 6.07 Å². The molecule has 2 aromatic heterocycles. The van der Waals surface area contributed by atoms with Crippen molar-refractivity contribution in [2.75, 3.05) is 5.32 Å². The summed E-state index contributed by atoms with van der Waals surface area (Å²) in [7, 11) is 1.89. The summed E-state index contributed by atoms with van der Waals surface area (Å²) in [6.07, 6.45) is 4.73. The van der Waals surface area contributed by atoms with Gasteiger partial charge < -0.3 is 5.32 Å². The topological polar surface area (TPSA) is 46.9 Å². The molecule has 0 fully saturated rings. The average molecular weight is 289 g/mol. The van der Waals surface area contributed by atoms with Gasteiger partial charge in [-0.25, -0.2) is 0 Å². The van der Waals surface area contributed by atoms with Crippen LogP contribution in [0.4, 0.5) is 5.69 Å². The summed E-state index contributed by atoms with van der Waals surface area (Å²) in [5.41, 5.74) is 4.05. The molecule has 0 bridgehead atoms. The normalized spacial score (nSPS) is 14.2. The molecule has 5 heteroatoms. The number of anilines is 1. The predicted molar refractivity (Wildman–Crippen MR) is 81.6 cm³/mol. The molecule has 2 aromatic rings. The van der Waals surface area contributed by atoms with Crippen molar-refractivity contribution in [2.45, 2.75) is 39.5 Å². The van der Waals surface area contributed by atoms with E-state index in [1.54, 1.807) is 16.0 Å². The molecule has 1 aliphatic rings. The third-order valence-corrected chi connectivity index (χ3v) is 5.20. The Balaban J connectivity index is 1.84. The highest BCUT2D eigenvalue weighted by Gasteiger charge is 2.19. The van der Waals surface area contributed by atoms with Crippen LogP contribution in [0.25, 0.3) is 0 Å². The van der Waals surface area contributed by atoms with E-state index in [1.165, 1.54) is 23.3 Å². The Morgan fingerprint density at radius 2 is 2.10 bits per heavy atom.